The Morgan fingerprint density at radius 2 is 1.92 bits per heavy atom. The monoisotopic (exact) mass is 506 g/mol. The van der Waals surface area contributed by atoms with Crippen LogP contribution in [0.15, 0.2) is 48.7 Å². The van der Waals surface area contributed by atoms with Crippen LogP contribution in [0.2, 0.25) is 0 Å². The molecule has 4 aromatic rings. The van der Waals surface area contributed by atoms with Gasteiger partial charge in [-0.2, -0.15) is 8.78 Å². The number of ether oxygens (including phenoxy) is 1. The van der Waals surface area contributed by atoms with Gasteiger partial charge in [-0.25, -0.2) is 4.98 Å². The molecular formula is C27H25F2N4O2P. The van der Waals surface area contributed by atoms with Gasteiger partial charge in [0.1, 0.15) is 11.6 Å². The van der Waals surface area contributed by atoms with Gasteiger partial charge >= 0.3 is 6.61 Å². The number of pyridine rings is 1. The molecule has 2 atom stereocenters. The molecule has 2 aliphatic rings. The van der Waals surface area contributed by atoms with Gasteiger partial charge in [-0.05, 0) is 61.7 Å². The van der Waals surface area contributed by atoms with E-state index in [1.54, 1.807) is 24.1 Å². The molecule has 6 nitrogen and oxygen atoms in total. The molecule has 0 spiro atoms. The average Bonchev–Trinajstić information content (AvgIpc) is 3.36. The Balaban J connectivity index is 1.54. The normalized spacial score (nSPS) is 18.7. The van der Waals surface area contributed by atoms with E-state index in [1.165, 1.54) is 6.07 Å². The fourth-order valence-corrected chi connectivity index (χ4v) is 6.71. The minimum absolute atomic E-state index is 0.0341. The molecule has 9 heteroatoms. The summed E-state index contributed by atoms with van der Waals surface area (Å²) in [6, 6.07) is 12.4. The summed E-state index contributed by atoms with van der Waals surface area (Å²) in [6.07, 6.45) is 2.46. The van der Waals surface area contributed by atoms with Crippen LogP contribution in [-0.4, -0.2) is 52.3 Å². The second-order valence-electron chi connectivity index (χ2n) is 9.58. The van der Waals surface area contributed by atoms with Crippen molar-refractivity contribution in [3.05, 3.63) is 71.2 Å². The third-order valence-electron chi connectivity index (χ3n) is 7.21. The number of carbonyl (C=O) groups is 1. The number of aromatic nitrogens is 3. The summed E-state index contributed by atoms with van der Waals surface area (Å²) in [5.41, 5.74) is 6.89. The highest BCUT2D eigenvalue weighted by molar-refractivity contribution is 7.63. The smallest absolute Gasteiger partial charge is 0.387 e. The van der Waals surface area contributed by atoms with E-state index in [2.05, 4.69) is 37.0 Å². The van der Waals surface area contributed by atoms with Crippen LogP contribution < -0.4 is 10.2 Å². The summed E-state index contributed by atoms with van der Waals surface area (Å²) in [5.74, 6) is 0.573. The zero-order chi connectivity index (χ0) is 25.3. The highest BCUT2D eigenvalue weighted by Crippen LogP contribution is 2.50. The minimum atomic E-state index is -2.98. The van der Waals surface area contributed by atoms with Crippen LogP contribution in [0.1, 0.15) is 45.8 Å². The molecule has 0 saturated carbocycles. The second kappa shape index (κ2) is 8.34. The molecule has 184 valence electrons. The zero-order valence-electron chi connectivity index (χ0n) is 20.4. The first-order valence-electron chi connectivity index (χ1n) is 11.8. The number of amides is 1. The number of carbonyl (C=O) groups excluding carboxylic acids is 1. The third kappa shape index (κ3) is 3.42. The topological polar surface area (TPSA) is 60.2 Å². The molecule has 0 radical (unpaired) electrons. The van der Waals surface area contributed by atoms with E-state index in [0.717, 1.165) is 39.0 Å². The summed E-state index contributed by atoms with van der Waals surface area (Å²) in [6.45, 7) is 3.49. The highest BCUT2D eigenvalue weighted by Gasteiger charge is 2.45. The van der Waals surface area contributed by atoms with Crippen LogP contribution in [0.3, 0.4) is 0 Å². The van der Waals surface area contributed by atoms with E-state index in [-0.39, 0.29) is 31.7 Å². The second-order valence-corrected chi connectivity index (χ2v) is 11.8. The number of benzene rings is 2. The highest BCUT2D eigenvalue weighted by atomic mass is 31.1. The number of alkyl halides is 2. The Labute approximate surface area is 208 Å². The Morgan fingerprint density at radius 3 is 2.64 bits per heavy atom. The maximum atomic E-state index is 13.3. The van der Waals surface area contributed by atoms with Gasteiger partial charge in [0, 0.05) is 36.4 Å². The Kier molecular flexibility index (Phi) is 5.34. The molecule has 0 saturated heterocycles. The molecule has 2 aromatic heterocycles. The van der Waals surface area contributed by atoms with Crippen LogP contribution in [-0.2, 0) is 0 Å². The van der Waals surface area contributed by atoms with Gasteiger partial charge in [0.25, 0.3) is 5.91 Å². The van der Waals surface area contributed by atoms with Crippen molar-refractivity contribution in [2.75, 3.05) is 20.4 Å². The van der Waals surface area contributed by atoms with Gasteiger partial charge in [0.2, 0.25) is 0 Å². The number of halogens is 2. The Morgan fingerprint density at radius 1 is 1.11 bits per heavy atom. The summed E-state index contributed by atoms with van der Waals surface area (Å²) < 4.78 is 33.6. The van der Waals surface area contributed by atoms with Crippen molar-refractivity contribution in [3.63, 3.8) is 0 Å². The van der Waals surface area contributed by atoms with Crippen LogP contribution in [0, 0.1) is 6.92 Å². The maximum absolute atomic E-state index is 13.3. The molecule has 0 N–H and O–H groups in total. The molecule has 36 heavy (non-hydrogen) atoms. The Hall–Kier alpha value is -3.38. The quantitative estimate of drug-likeness (QED) is 0.343. The average molecular weight is 506 g/mol. The SMILES string of the molecule is Cc1cc(-c2ccc3nc4n(c3c2)C2CC4N(C)C(=O)c3cccc(OC(F)F)c32)cnc1P(C)C. The summed E-state index contributed by atoms with van der Waals surface area (Å²) in [5, 5.41) is 0. The molecular weight excluding hydrogens is 481 g/mol. The zero-order valence-corrected chi connectivity index (χ0v) is 21.3. The van der Waals surface area contributed by atoms with E-state index in [9.17, 15) is 13.6 Å². The standard InChI is InChI=1S/C27H25F2N4O2P/c1-14-10-16(13-30-25(14)36(3)4)15-8-9-18-19(11-15)33-20-12-21(24(33)31-18)32(2)26(34)17-6-5-7-22(23(17)20)35-27(28)29/h5-11,13,20-21,27H,12H2,1-4H3. The molecule has 1 amide bonds. The predicted octanol–water partition coefficient (Wildman–Crippen LogP) is 5.49. The van der Waals surface area contributed by atoms with E-state index in [1.807, 2.05) is 18.3 Å². The van der Waals surface area contributed by atoms with Gasteiger partial charge in [0.15, 0.2) is 0 Å². The van der Waals surface area contributed by atoms with Crippen molar-refractivity contribution < 1.29 is 18.3 Å². The first-order valence-corrected chi connectivity index (χ1v) is 14.0. The lowest BCUT2D eigenvalue weighted by atomic mass is 9.97. The number of aryl methyl sites for hydroxylation is 1. The first-order chi connectivity index (χ1) is 17.2. The minimum Gasteiger partial charge on any atom is -0.434 e. The fraction of sp³-hybridized carbons (Fsp3) is 0.296. The van der Waals surface area contributed by atoms with Gasteiger partial charge in [-0.15, -0.1) is 0 Å². The van der Waals surface area contributed by atoms with E-state index >= 15 is 0 Å². The van der Waals surface area contributed by atoms with Crippen LogP contribution in [0.4, 0.5) is 8.78 Å². The number of nitrogens with zero attached hydrogens (tertiary/aromatic N) is 4. The van der Waals surface area contributed by atoms with Crippen molar-refractivity contribution in [2.45, 2.75) is 32.0 Å². The summed E-state index contributed by atoms with van der Waals surface area (Å²) in [7, 11) is 1.45. The lowest BCUT2D eigenvalue weighted by molar-refractivity contribution is -0.0507. The maximum Gasteiger partial charge on any atom is 0.387 e. The molecule has 2 unspecified atom stereocenters. The van der Waals surface area contributed by atoms with Gasteiger partial charge in [-0.3, -0.25) is 9.78 Å². The lowest BCUT2D eigenvalue weighted by Crippen LogP contribution is -2.30. The Bertz CT molecular complexity index is 1530. The van der Waals surface area contributed by atoms with Crippen LogP contribution in [0.25, 0.3) is 22.2 Å². The molecule has 4 heterocycles. The van der Waals surface area contributed by atoms with Crippen LogP contribution >= 0.6 is 7.92 Å². The molecule has 0 aliphatic carbocycles. The number of rotatable bonds is 4. The number of imidazole rings is 1. The van der Waals surface area contributed by atoms with E-state index in [4.69, 9.17) is 14.7 Å². The van der Waals surface area contributed by atoms with Gasteiger partial charge in [0.05, 0.1) is 28.6 Å². The molecule has 2 aliphatic heterocycles. The van der Waals surface area contributed by atoms with Crippen molar-refractivity contribution in [1.29, 1.82) is 0 Å². The number of fused-ring (bicyclic) bond motifs is 9. The summed E-state index contributed by atoms with van der Waals surface area (Å²) >= 11 is 0. The van der Waals surface area contributed by atoms with Gasteiger partial charge < -0.3 is 14.2 Å². The van der Waals surface area contributed by atoms with Gasteiger partial charge in [-0.1, -0.05) is 20.1 Å². The number of hydrogen-bond acceptors (Lipinski definition) is 4. The fourth-order valence-electron chi connectivity index (χ4n) is 5.65. The molecule has 0 fully saturated rings. The molecule has 2 bridgehead atoms. The summed E-state index contributed by atoms with van der Waals surface area (Å²) in [4.78, 5) is 24.5. The predicted molar refractivity (Wildman–Crippen MR) is 137 cm³/mol. The lowest BCUT2D eigenvalue weighted by Gasteiger charge is -2.24. The molecule has 2 aromatic carbocycles. The number of hydrogen-bond donors (Lipinski definition) is 0. The largest absolute Gasteiger partial charge is 0.434 e. The molecule has 6 rings (SSSR count). The van der Waals surface area contributed by atoms with E-state index < -0.39 is 6.61 Å². The third-order valence-corrected chi connectivity index (χ3v) is 8.53. The van der Waals surface area contributed by atoms with E-state index in [0.29, 0.717) is 17.5 Å². The van der Waals surface area contributed by atoms with Crippen molar-refractivity contribution >= 4 is 30.3 Å². The van der Waals surface area contributed by atoms with Crippen molar-refractivity contribution in [3.8, 4) is 16.9 Å². The van der Waals surface area contributed by atoms with Crippen LogP contribution in [0.5, 0.6) is 5.75 Å². The first kappa shape index (κ1) is 23.0. The van der Waals surface area contributed by atoms with Crippen molar-refractivity contribution in [1.82, 2.24) is 19.4 Å². The van der Waals surface area contributed by atoms with Crippen molar-refractivity contribution in [2.24, 2.45) is 0 Å².